The number of carbonyl (C=O) groups is 2. The predicted molar refractivity (Wildman–Crippen MR) is 129 cm³/mol. The molecule has 4 rings (SSSR count). The first-order valence-corrected chi connectivity index (χ1v) is 11.8. The van der Waals surface area contributed by atoms with E-state index >= 15 is 0 Å². The summed E-state index contributed by atoms with van der Waals surface area (Å²) in [6.07, 6.45) is 4.48. The number of nitrogens with zero attached hydrogens (tertiary/aromatic N) is 1. The van der Waals surface area contributed by atoms with Crippen molar-refractivity contribution >= 4 is 29.4 Å². The second-order valence-corrected chi connectivity index (χ2v) is 8.53. The molecule has 0 atom stereocenters. The number of Topliss-reactive ketones (excluding diaryl/α,β-unsaturated/α-hetero) is 1. The first kappa shape index (κ1) is 24.0. The molecule has 2 aromatic carbocycles. The molecule has 180 valence electrons. The summed E-state index contributed by atoms with van der Waals surface area (Å²) in [5.41, 5.74) is 1.36. The number of likely N-dealkylation sites (tertiary alicyclic amines) is 1. The molecule has 34 heavy (non-hydrogen) atoms. The van der Waals surface area contributed by atoms with Crippen molar-refractivity contribution in [2.45, 2.75) is 19.8 Å². The molecule has 2 heterocycles. The van der Waals surface area contributed by atoms with Gasteiger partial charge >= 0.3 is 0 Å². The molecule has 1 fully saturated rings. The van der Waals surface area contributed by atoms with Crippen LogP contribution < -0.4 is 18.9 Å². The highest BCUT2D eigenvalue weighted by Gasteiger charge is 2.28. The van der Waals surface area contributed by atoms with Crippen LogP contribution in [0.3, 0.4) is 0 Å². The molecule has 0 saturated carbocycles. The molecule has 0 N–H and O–H groups in total. The second kappa shape index (κ2) is 10.8. The zero-order valence-corrected chi connectivity index (χ0v) is 20.1. The van der Waals surface area contributed by atoms with Crippen molar-refractivity contribution in [2.24, 2.45) is 5.92 Å². The maximum absolute atomic E-state index is 13.0. The van der Waals surface area contributed by atoms with E-state index in [0.29, 0.717) is 79.3 Å². The Balaban J connectivity index is 1.35. The first-order valence-electron chi connectivity index (χ1n) is 11.4. The van der Waals surface area contributed by atoms with Gasteiger partial charge < -0.3 is 23.8 Å². The van der Waals surface area contributed by atoms with Crippen molar-refractivity contribution in [3.8, 4) is 23.0 Å². The minimum atomic E-state index is -0.121. The third kappa shape index (κ3) is 5.30. The van der Waals surface area contributed by atoms with E-state index in [1.54, 1.807) is 41.3 Å². The molecule has 0 aromatic heterocycles. The second-order valence-electron chi connectivity index (χ2n) is 8.12. The number of carbonyl (C=O) groups excluding carboxylic acids is 2. The molecule has 1 amide bonds. The van der Waals surface area contributed by atoms with E-state index in [0.717, 1.165) is 5.56 Å². The van der Waals surface area contributed by atoms with Crippen LogP contribution in [0.2, 0.25) is 5.02 Å². The Hall–Kier alpha value is -3.19. The number of rotatable bonds is 7. The van der Waals surface area contributed by atoms with Crippen LogP contribution in [0.4, 0.5) is 0 Å². The minimum absolute atomic E-state index is 0.0796. The van der Waals surface area contributed by atoms with E-state index in [9.17, 15) is 9.59 Å². The van der Waals surface area contributed by atoms with Crippen LogP contribution in [0.25, 0.3) is 6.08 Å². The normalized spacial score (nSPS) is 15.9. The number of amides is 1. The number of ether oxygens (including phenoxy) is 4. The molecule has 0 spiro atoms. The number of halogens is 1. The van der Waals surface area contributed by atoms with Gasteiger partial charge in [-0.1, -0.05) is 11.6 Å². The minimum Gasteiger partial charge on any atom is -0.491 e. The number of hydrogen-bond donors (Lipinski definition) is 0. The molecule has 1 saturated heterocycles. The van der Waals surface area contributed by atoms with Crippen molar-refractivity contribution in [3.05, 3.63) is 52.6 Å². The van der Waals surface area contributed by atoms with Crippen LogP contribution in [0.15, 0.2) is 36.4 Å². The molecule has 8 heteroatoms. The number of piperidine rings is 1. The third-order valence-electron chi connectivity index (χ3n) is 5.96. The van der Waals surface area contributed by atoms with Crippen molar-refractivity contribution in [2.75, 3.05) is 40.0 Å². The van der Waals surface area contributed by atoms with Gasteiger partial charge in [0, 0.05) is 30.6 Å². The topological polar surface area (TPSA) is 74.3 Å². The van der Waals surface area contributed by atoms with Crippen LogP contribution in [0.1, 0.15) is 35.7 Å². The van der Waals surface area contributed by atoms with E-state index in [1.807, 2.05) is 6.92 Å². The highest BCUT2D eigenvalue weighted by atomic mass is 35.5. The maximum atomic E-state index is 13.0. The summed E-state index contributed by atoms with van der Waals surface area (Å²) in [5.74, 6) is 2.14. The van der Waals surface area contributed by atoms with Gasteiger partial charge in [-0.15, -0.1) is 0 Å². The maximum Gasteiger partial charge on any atom is 0.246 e. The average Bonchev–Trinajstić information content (AvgIpc) is 2.86. The van der Waals surface area contributed by atoms with Gasteiger partial charge in [-0.3, -0.25) is 9.59 Å². The number of hydrogen-bond acceptors (Lipinski definition) is 6. The van der Waals surface area contributed by atoms with Gasteiger partial charge in [-0.2, -0.15) is 0 Å². The van der Waals surface area contributed by atoms with Crippen LogP contribution in [0, 0.1) is 5.92 Å². The van der Waals surface area contributed by atoms with Gasteiger partial charge in [0.1, 0.15) is 13.2 Å². The molecule has 0 bridgehead atoms. The number of fused-ring (bicyclic) bond motifs is 1. The van der Waals surface area contributed by atoms with Gasteiger partial charge in [0.15, 0.2) is 28.8 Å². The van der Waals surface area contributed by atoms with Gasteiger partial charge in [0.05, 0.1) is 18.7 Å². The fourth-order valence-corrected chi connectivity index (χ4v) is 4.51. The Kier molecular flexibility index (Phi) is 7.63. The van der Waals surface area contributed by atoms with E-state index in [-0.39, 0.29) is 17.6 Å². The van der Waals surface area contributed by atoms with Crippen molar-refractivity contribution in [3.63, 3.8) is 0 Å². The molecule has 2 aromatic rings. The zero-order chi connectivity index (χ0) is 24.1. The molecule has 2 aliphatic rings. The van der Waals surface area contributed by atoms with E-state index < -0.39 is 0 Å². The lowest BCUT2D eigenvalue weighted by molar-refractivity contribution is -0.127. The molecular weight excluding hydrogens is 458 g/mol. The van der Waals surface area contributed by atoms with Crippen LogP contribution in [-0.4, -0.2) is 56.6 Å². The third-order valence-corrected chi connectivity index (χ3v) is 6.24. The lowest BCUT2D eigenvalue weighted by Gasteiger charge is -2.30. The van der Waals surface area contributed by atoms with Crippen LogP contribution in [-0.2, 0) is 4.79 Å². The summed E-state index contributed by atoms with van der Waals surface area (Å²) in [5, 5.41) is 0.416. The van der Waals surface area contributed by atoms with Gasteiger partial charge in [-0.25, -0.2) is 0 Å². The largest absolute Gasteiger partial charge is 0.491 e. The van der Waals surface area contributed by atoms with Crippen molar-refractivity contribution in [1.29, 1.82) is 0 Å². The number of methoxy groups -OCH3 is 1. The lowest BCUT2D eigenvalue weighted by atomic mass is 9.88. The predicted octanol–water partition coefficient (Wildman–Crippen LogP) is 4.65. The molecule has 0 unspecified atom stereocenters. The monoisotopic (exact) mass is 485 g/mol. The van der Waals surface area contributed by atoms with E-state index in [2.05, 4.69) is 0 Å². The quantitative estimate of drug-likeness (QED) is 0.419. The molecular formula is C26H28ClNO6. The number of benzene rings is 2. The zero-order valence-electron chi connectivity index (χ0n) is 19.3. The highest BCUT2D eigenvalue weighted by Crippen LogP contribution is 2.37. The van der Waals surface area contributed by atoms with Gasteiger partial charge in [-0.05, 0) is 61.7 Å². The van der Waals surface area contributed by atoms with Gasteiger partial charge in [0.25, 0.3) is 0 Å². The van der Waals surface area contributed by atoms with Gasteiger partial charge in [0.2, 0.25) is 5.91 Å². The summed E-state index contributed by atoms with van der Waals surface area (Å²) in [6.45, 7) is 4.39. The standard InChI is InChI=1S/C26H28ClNO6/c1-3-32-23-15-17(14-20(27)26(23)31-2)4-7-24(29)28-10-8-18(9-11-28)25(30)19-5-6-21-22(16-19)34-13-12-33-21/h4-7,14-16,18H,3,8-13H2,1-2H3/b7-4+. The molecule has 7 nitrogen and oxygen atoms in total. The molecule has 0 radical (unpaired) electrons. The smallest absolute Gasteiger partial charge is 0.246 e. The fourth-order valence-electron chi connectivity index (χ4n) is 4.21. The average molecular weight is 486 g/mol. The fraction of sp³-hybridized carbons (Fsp3) is 0.385. The van der Waals surface area contributed by atoms with E-state index in [1.165, 1.54) is 13.2 Å². The summed E-state index contributed by atoms with van der Waals surface area (Å²) >= 11 is 6.29. The van der Waals surface area contributed by atoms with Crippen molar-refractivity contribution in [1.82, 2.24) is 4.90 Å². The summed E-state index contributed by atoms with van der Waals surface area (Å²) < 4.78 is 22.0. The first-order chi connectivity index (χ1) is 16.5. The van der Waals surface area contributed by atoms with Crippen LogP contribution in [0.5, 0.6) is 23.0 Å². The molecule has 2 aliphatic heterocycles. The summed E-state index contributed by atoms with van der Waals surface area (Å²) in [4.78, 5) is 27.5. The molecule has 0 aliphatic carbocycles. The number of ketones is 1. The summed E-state index contributed by atoms with van der Waals surface area (Å²) in [7, 11) is 1.53. The van der Waals surface area contributed by atoms with Crippen molar-refractivity contribution < 1.29 is 28.5 Å². The SMILES string of the molecule is CCOc1cc(/C=C/C(=O)N2CCC(C(=O)c3ccc4c(c3)OCCO4)CC2)cc(Cl)c1OC. The Morgan fingerprint density at radius 2 is 1.85 bits per heavy atom. The van der Waals surface area contributed by atoms with E-state index in [4.69, 9.17) is 30.5 Å². The van der Waals surface area contributed by atoms with Crippen LogP contribution >= 0.6 is 11.6 Å². The highest BCUT2D eigenvalue weighted by molar-refractivity contribution is 6.32. The Morgan fingerprint density at radius 1 is 1.12 bits per heavy atom. The lowest BCUT2D eigenvalue weighted by Crippen LogP contribution is -2.39. The Labute approximate surface area is 204 Å². The Bertz CT molecular complexity index is 1090. The Morgan fingerprint density at radius 3 is 2.56 bits per heavy atom. The summed E-state index contributed by atoms with van der Waals surface area (Å²) in [6, 6.07) is 8.84.